The number of rotatable bonds is 6. The van der Waals surface area contributed by atoms with E-state index < -0.39 is 0 Å². The molecule has 0 aromatic heterocycles. The van der Waals surface area contributed by atoms with Gasteiger partial charge in [-0.15, -0.1) is 11.8 Å². The topological polar surface area (TPSA) is 32.3 Å². The number of hydrogen-bond donors (Lipinski definition) is 2. The van der Waals surface area contributed by atoms with Crippen LogP contribution in [0.3, 0.4) is 0 Å². The molecule has 2 atom stereocenters. The predicted octanol–water partition coefficient (Wildman–Crippen LogP) is 3.86. The Morgan fingerprint density at radius 2 is 1.79 bits per heavy atom. The number of nitrogens with one attached hydrogen (secondary N) is 1. The molecule has 2 nitrogen and oxygen atoms in total. The monoisotopic (exact) mass is 281 g/mol. The molecular formula is C16H27NOS. The van der Waals surface area contributed by atoms with Crippen molar-refractivity contribution in [1.29, 1.82) is 0 Å². The van der Waals surface area contributed by atoms with Gasteiger partial charge < -0.3 is 10.4 Å². The van der Waals surface area contributed by atoms with Crippen LogP contribution in [0.2, 0.25) is 0 Å². The highest BCUT2D eigenvalue weighted by Crippen LogP contribution is 2.21. The fraction of sp³-hybridized carbons (Fsp3) is 0.625. The van der Waals surface area contributed by atoms with E-state index in [1.54, 1.807) is 11.8 Å². The molecular weight excluding hydrogens is 254 g/mol. The fourth-order valence-electron chi connectivity index (χ4n) is 2.10. The normalized spacial score (nSPS) is 15.3. The molecule has 0 spiro atoms. The lowest BCUT2D eigenvalue weighted by Gasteiger charge is -2.24. The number of hydrogen-bond acceptors (Lipinski definition) is 3. The van der Waals surface area contributed by atoms with Gasteiger partial charge in [0.15, 0.2) is 0 Å². The van der Waals surface area contributed by atoms with Crippen LogP contribution < -0.4 is 5.32 Å². The SMILES string of the molecule is CSc1ccc(C(C)NCC(O)CC(C)(C)C)cc1. The van der Waals surface area contributed by atoms with Gasteiger partial charge in [-0.2, -0.15) is 0 Å². The van der Waals surface area contributed by atoms with Crippen LogP contribution in [0.15, 0.2) is 29.2 Å². The maximum absolute atomic E-state index is 10.00. The summed E-state index contributed by atoms with van der Waals surface area (Å²) in [7, 11) is 0. The van der Waals surface area contributed by atoms with Crippen molar-refractivity contribution in [3.63, 3.8) is 0 Å². The second kappa shape index (κ2) is 7.32. The van der Waals surface area contributed by atoms with E-state index in [4.69, 9.17) is 0 Å². The van der Waals surface area contributed by atoms with Gasteiger partial charge in [0.2, 0.25) is 0 Å². The number of aliphatic hydroxyl groups excluding tert-OH is 1. The third-order valence-electron chi connectivity index (χ3n) is 3.12. The van der Waals surface area contributed by atoms with Gasteiger partial charge in [0.05, 0.1) is 6.10 Å². The lowest BCUT2D eigenvalue weighted by atomic mass is 9.89. The molecule has 19 heavy (non-hydrogen) atoms. The largest absolute Gasteiger partial charge is 0.392 e. The average molecular weight is 281 g/mol. The van der Waals surface area contributed by atoms with Crippen molar-refractivity contribution in [2.24, 2.45) is 5.41 Å². The van der Waals surface area contributed by atoms with Crippen LogP contribution in [0.5, 0.6) is 0 Å². The Bertz CT molecular complexity index is 369. The molecule has 2 unspecified atom stereocenters. The van der Waals surface area contributed by atoms with Crippen LogP contribution in [-0.2, 0) is 0 Å². The zero-order chi connectivity index (χ0) is 14.5. The maximum Gasteiger partial charge on any atom is 0.0669 e. The van der Waals surface area contributed by atoms with Crippen molar-refractivity contribution in [3.05, 3.63) is 29.8 Å². The molecule has 0 radical (unpaired) electrons. The van der Waals surface area contributed by atoms with Crippen LogP contribution in [0.4, 0.5) is 0 Å². The van der Waals surface area contributed by atoms with Crippen LogP contribution in [0.1, 0.15) is 45.7 Å². The van der Waals surface area contributed by atoms with Crippen LogP contribution in [0, 0.1) is 5.41 Å². The second-order valence-corrected chi connectivity index (χ2v) is 7.20. The van der Waals surface area contributed by atoms with Gasteiger partial charge in [-0.25, -0.2) is 0 Å². The fourth-order valence-corrected chi connectivity index (χ4v) is 2.51. The standard InChI is InChI=1S/C16H27NOS/c1-12(13-6-8-15(19-5)9-7-13)17-11-14(18)10-16(2,3)4/h6-9,12,14,17-18H,10-11H2,1-5H3. The first kappa shape index (κ1) is 16.5. The van der Waals surface area contributed by atoms with Crippen molar-refractivity contribution in [3.8, 4) is 0 Å². The summed E-state index contributed by atoms with van der Waals surface area (Å²) in [5.74, 6) is 0. The zero-order valence-corrected chi connectivity index (χ0v) is 13.6. The molecule has 0 aliphatic carbocycles. The van der Waals surface area contributed by atoms with E-state index in [1.807, 2.05) is 0 Å². The molecule has 1 aromatic carbocycles. The minimum Gasteiger partial charge on any atom is -0.392 e. The summed E-state index contributed by atoms with van der Waals surface area (Å²) in [6.07, 6.45) is 2.62. The maximum atomic E-state index is 10.00. The second-order valence-electron chi connectivity index (χ2n) is 6.32. The van der Waals surface area contributed by atoms with Crippen LogP contribution in [0.25, 0.3) is 0 Å². The molecule has 0 amide bonds. The minimum absolute atomic E-state index is 0.171. The lowest BCUT2D eigenvalue weighted by Crippen LogP contribution is -2.31. The molecule has 1 rings (SSSR count). The van der Waals surface area contributed by atoms with E-state index in [0.717, 1.165) is 6.42 Å². The van der Waals surface area contributed by atoms with E-state index in [2.05, 4.69) is 63.5 Å². The quantitative estimate of drug-likeness (QED) is 0.777. The molecule has 0 heterocycles. The number of benzene rings is 1. The zero-order valence-electron chi connectivity index (χ0n) is 12.7. The highest BCUT2D eigenvalue weighted by atomic mass is 32.2. The first-order chi connectivity index (χ1) is 8.81. The van der Waals surface area contributed by atoms with E-state index in [0.29, 0.717) is 6.54 Å². The Morgan fingerprint density at radius 1 is 1.21 bits per heavy atom. The minimum atomic E-state index is -0.284. The molecule has 0 fully saturated rings. The summed E-state index contributed by atoms with van der Waals surface area (Å²) in [5.41, 5.74) is 1.44. The average Bonchev–Trinajstić information content (AvgIpc) is 2.34. The molecule has 0 saturated carbocycles. The van der Waals surface area contributed by atoms with Gasteiger partial charge >= 0.3 is 0 Å². The summed E-state index contributed by atoms with van der Waals surface area (Å²) >= 11 is 1.75. The van der Waals surface area contributed by atoms with Crippen LogP contribution >= 0.6 is 11.8 Å². The Balaban J connectivity index is 2.43. The molecule has 0 aliphatic rings. The Hall–Kier alpha value is -0.510. The molecule has 2 N–H and O–H groups in total. The van der Waals surface area contributed by atoms with E-state index in [-0.39, 0.29) is 17.6 Å². The van der Waals surface area contributed by atoms with E-state index in [9.17, 15) is 5.11 Å². The summed E-state index contributed by atoms with van der Waals surface area (Å²) < 4.78 is 0. The first-order valence-electron chi connectivity index (χ1n) is 6.87. The third-order valence-corrected chi connectivity index (χ3v) is 3.87. The summed E-state index contributed by atoms with van der Waals surface area (Å²) in [6, 6.07) is 8.86. The molecule has 108 valence electrons. The summed E-state index contributed by atoms with van der Waals surface area (Å²) in [5, 5.41) is 13.4. The Morgan fingerprint density at radius 3 is 2.26 bits per heavy atom. The van der Waals surface area contributed by atoms with Crippen LogP contribution in [-0.4, -0.2) is 24.0 Å². The van der Waals surface area contributed by atoms with Crippen molar-refractivity contribution in [2.45, 2.75) is 51.2 Å². The Kier molecular flexibility index (Phi) is 6.37. The van der Waals surface area contributed by atoms with Crippen molar-refractivity contribution in [1.82, 2.24) is 5.32 Å². The van der Waals surface area contributed by atoms with Crippen molar-refractivity contribution < 1.29 is 5.11 Å². The van der Waals surface area contributed by atoms with Gasteiger partial charge in [0.25, 0.3) is 0 Å². The predicted molar refractivity (Wildman–Crippen MR) is 84.7 cm³/mol. The van der Waals surface area contributed by atoms with Gasteiger partial charge in [-0.3, -0.25) is 0 Å². The van der Waals surface area contributed by atoms with Crippen molar-refractivity contribution in [2.75, 3.05) is 12.8 Å². The molecule has 0 aliphatic heterocycles. The van der Waals surface area contributed by atoms with Gasteiger partial charge in [-0.1, -0.05) is 32.9 Å². The molecule has 0 saturated heterocycles. The van der Waals surface area contributed by atoms with Gasteiger partial charge in [-0.05, 0) is 42.7 Å². The smallest absolute Gasteiger partial charge is 0.0669 e. The molecule has 3 heteroatoms. The highest BCUT2D eigenvalue weighted by molar-refractivity contribution is 7.98. The summed E-state index contributed by atoms with van der Waals surface area (Å²) in [4.78, 5) is 1.28. The Labute approximate surface area is 122 Å². The number of thioether (sulfide) groups is 1. The van der Waals surface area contributed by atoms with Gasteiger partial charge in [0.1, 0.15) is 0 Å². The van der Waals surface area contributed by atoms with E-state index >= 15 is 0 Å². The van der Waals surface area contributed by atoms with Gasteiger partial charge in [0, 0.05) is 17.5 Å². The molecule has 1 aromatic rings. The first-order valence-corrected chi connectivity index (χ1v) is 8.09. The lowest BCUT2D eigenvalue weighted by molar-refractivity contribution is 0.117. The summed E-state index contributed by atoms with van der Waals surface area (Å²) in [6.45, 7) is 9.24. The molecule has 0 bridgehead atoms. The van der Waals surface area contributed by atoms with E-state index in [1.165, 1.54) is 10.5 Å². The highest BCUT2D eigenvalue weighted by Gasteiger charge is 2.17. The third kappa shape index (κ3) is 6.46. The van der Waals surface area contributed by atoms with Crippen molar-refractivity contribution >= 4 is 11.8 Å². The number of aliphatic hydroxyl groups is 1.